The van der Waals surface area contributed by atoms with Gasteiger partial charge in [-0.15, -0.1) is 0 Å². The van der Waals surface area contributed by atoms with E-state index < -0.39 is 0 Å². The highest BCUT2D eigenvalue weighted by atomic mass is 35.5. The number of hydrogen-bond acceptors (Lipinski definition) is 4. The molecule has 1 aliphatic heterocycles. The van der Waals surface area contributed by atoms with E-state index in [1.165, 1.54) is 12.8 Å². The van der Waals surface area contributed by atoms with Crippen LogP contribution in [-0.2, 0) is 22.7 Å². The number of hydrogen-bond donors (Lipinski definition) is 0. The van der Waals surface area contributed by atoms with Crippen LogP contribution in [0.3, 0.4) is 0 Å². The predicted molar refractivity (Wildman–Crippen MR) is 125 cm³/mol. The molecule has 0 saturated heterocycles. The summed E-state index contributed by atoms with van der Waals surface area (Å²) in [6.45, 7) is 1.18. The van der Waals surface area contributed by atoms with Crippen LogP contribution in [-0.4, -0.2) is 23.0 Å². The standard InChI is InChI=1S/C26H24ClNO2.CO2/c27-25-11-4-3-10-23(25)19-7-5-6-18(14-19)17-30-22-12-13-24-20(15-22)16-28(26(24)29)21-8-1-2-9-21;2-1-3/h3-7,10-15,21H,1-2,8-9,16-17H2;. The predicted octanol–water partition coefficient (Wildman–Crippen LogP) is 5.90. The molecule has 0 radical (unpaired) electrons. The van der Waals surface area contributed by atoms with Crippen molar-refractivity contribution in [2.45, 2.75) is 44.9 Å². The first kappa shape index (κ1) is 22.8. The monoisotopic (exact) mass is 461 g/mol. The largest absolute Gasteiger partial charge is 0.489 e. The highest BCUT2D eigenvalue weighted by Crippen LogP contribution is 2.33. The molecule has 168 valence electrons. The molecule has 1 saturated carbocycles. The first-order valence-electron chi connectivity index (χ1n) is 11.0. The molecule has 0 unspecified atom stereocenters. The second-order valence-corrected chi connectivity index (χ2v) is 8.65. The highest BCUT2D eigenvalue weighted by Gasteiger charge is 2.34. The molecule has 0 spiro atoms. The van der Waals surface area contributed by atoms with Crippen molar-refractivity contribution in [2.24, 2.45) is 0 Å². The summed E-state index contributed by atoms with van der Waals surface area (Å²) in [4.78, 5) is 31.0. The molecule has 0 aromatic heterocycles. The van der Waals surface area contributed by atoms with Crippen molar-refractivity contribution in [3.8, 4) is 16.9 Å². The van der Waals surface area contributed by atoms with Crippen molar-refractivity contribution < 1.29 is 19.1 Å². The van der Waals surface area contributed by atoms with Crippen molar-refractivity contribution >= 4 is 23.7 Å². The van der Waals surface area contributed by atoms with Gasteiger partial charge in [0.2, 0.25) is 0 Å². The molecule has 3 aromatic carbocycles. The second-order valence-electron chi connectivity index (χ2n) is 8.24. The lowest BCUT2D eigenvalue weighted by molar-refractivity contribution is -0.191. The lowest BCUT2D eigenvalue weighted by Crippen LogP contribution is -2.33. The van der Waals surface area contributed by atoms with E-state index in [9.17, 15) is 4.79 Å². The van der Waals surface area contributed by atoms with E-state index in [0.29, 0.717) is 19.2 Å². The third kappa shape index (κ3) is 5.16. The van der Waals surface area contributed by atoms with Crippen LogP contribution in [0.2, 0.25) is 5.02 Å². The summed E-state index contributed by atoms with van der Waals surface area (Å²) >= 11 is 6.35. The fourth-order valence-electron chi connectivity index (χ4n) is 4.61. The van der Waals surface area contributed by atoms with Gasteiger partial charge in [0.15, 0.2) is 0 Å². The summed E-state index contributed by atoms with van der Waals surface area (Å²) in [5.74, 6) is 0.980. The van der Waals surface area contributed by atoms with Crippen molar-refractivity contribution in [2.75, 3.05) is 0 Å². The molecule has 0 bridgehead atoms. The first-order valence-corrected chi connectivity index (χ1v) is 11.4. The van der Waals surface area contributed by atoms with Crippen molar-refractivity contribution in [3.05, 3.63) is 88.4 Å². The number of carbonyl (C=O) groups is 1. The zero-order valence-corrected chi connectivity index (χ0v) is 18.9. The number of halogens is 1. The van der Waals surface area contributed by atoms with E-state index in [4.69, 9.17) is 25.9 Å². The maximum Gasteiger partial charge on any atom is 0.373 e. The molecule has 1 amide bonds. The normalized spacial score (nSPS) is 14.9. The van der Waals surface area contributed by atoms with Gasteiger partial charge in [-0.1, -0.05) is 60.8 Å². The van der Waals surface area contributed by atoms with Gasteiger partial charge >= 0.3 is 6.15 Å². The molecule has 1 fully saturated rings. The minimum Gasteiger partial charge on any atom is -0.489 e. The van der Waals surface area contributed by atoms with E-state index in [-0.39, 0.29) is 12.1 Å². The van der Waals surface area contributed by atoms with Crippen LogP contribution in [0.4, 0.5) is 0 Å². The summed E-state index contributed by atoms with van der Waals surface area (Å²) in [5, 5.41) is 0.741. The number of rotatable bonds is 5. The zero-order chi connectivity index (χ0) is 23.2. The molecular formula is C27H24ClNO4. The minimum atomic E-state index is 0.177. The van der Waals surface area contributed by atoms with Crippen LogP contribution in [0.15, 0.2) is 66.7 Å². The van der Waals surface area contributed by atoms with Crippen LogP contribution in [0.5, 0.6) is 5.75 Å². The number of ether oxygens (including phenoxy) is 1. The van der Waals surface area contributed by atoms with Gasteiger partial charge in [-0.2, -0.15) is 9.59 Å². The molecule has 2 aliphatic rings. The molecule has 5 rings (SSSR count). The van der Waals surface area contributed by atoms with Crippen LogP contribution in [0.25, 0.3) is 11.1 Å². The Bertz CT molecular complexity index is 1180. The number of benzene rings is 3. The fraction of sp³-hybridized carbons (Fsp3) is 0.259. The summed E-state index contributed by atoms with van der Waals surface area (Å²) < 4.78 is 6.07. The SMILES string of the molecule is O=C1c2ccc(OCc3cccc(-c4ccccc4Cl)c3)cc2CN1C1CCCC1.O=C=O. The second kappa shape index (κ2) is 10.5. The Labute approximate surface area is 197 Å². The van der Waals surface area contributed by atoms with Gasteiger partial charge in [0, 0.05) is 28.7 Å². The number of amides is 1. The maximum absolute atomic E-state index is 12.7. The Hall–Kier alpha value is -3.40. The van der Waals surface area contributed by atoms with Crippen LogP contribution in [0.1, 0.15) is 47.2 Å². The highest BCUT2D eigenvalue weighted by molar-refractivity contribution is 6.33. The Kier molecular flexibility index (Phi) is 7.23. The fourth-order valence-corrected chi connectivity index (χ4v) is 4.86. The van der Waals surface area contributed by atoms with Crippen molar-refractivity contribution in [1.82, 2.24) is 4.90 Å². The molecule has 1 heterocycles. The van der Waals surface area contributed by atoms with Crippen molar-refractivity contribution in [3.63, 3.8) is 0 Å². The maximum atomic E-state index is 12.7. The zero-order valence-electron chi connectivity index (χ0n) is 18.1. The topological polar surface area (TPSA) is 63.7 Å². The summed E-state index contributed by atoms with van der Waals surface area (Å²) in [7, 11) is 0. The molecule has 6 heteroatoms. The number of fused-ring (bicyclic) bond motifs is 1. The Morgan fingerprint density at radius 3 is 2.45 bits per heavy atom. The van der Waals surface area contributed by atoms with E-state index in [1.54, 1.807) is 0 Å². The molecule has 0 atom stereocenters. The van der Waals surface area contributed by atoms with Crippen LogP contribution < -0.4 is 4.74 Å². The van der Waals surface area contributed by atoms with Crippen molar-refractivity contribution in [1.29, 1.82) is 0 Å². The van der Waals surface area contributed by atoms with Gasteiger partial charge in [0.25, 0.3) is 5.91 Å². The van der Waals surface area contributed by atoms with Gasteiger partial charge < -0.3 is 9.64 Å². The Morgan fingerprint density at radius 1 is 0.939 bits per heavy atom. The molecule has 33 heavy (non-hydrogen) atoms. The Morgan fingerprint density at radius 2 is 1.70 bits per heavy atom. The summed E-state index contributed by atoms with van der Waals surface area (Å²) in [6, 6.07) is 22.4. The lowest BCUT2D eigenvalue weighted by Gasteiger charge is -2.23. The summed E-state index contributed by atoms with van der Waals surface area (Å²) in [6.07, 6.45) is 4.97. The van der Waals surface area contributed by atoms with Gasteiger partial charge in [-0.05, 0) is 59.9 Å². The van der Waals surface area contributed by atoms with Gasteiger partial charge in [-0.3, -0.25) is 4.79 Å². The van der Waals surface area contributed by atoms with Crippen LogP contribution in [0, 0.1) is 0 Å². The quantitative estimate of drug-likeness (QED) is 0.474. The van der Waals surface area contributed by atoms with Gasteiger partial charge in [-0.25, -0.2) is 0 Å². The molecule has 5 nitrogen and oxygen atoms in total. The smallest absolute Gasteiger partial charge is 0.373 e. The van der Waals surface area contributed by atoms with Gasteiger partial charge in [0.05, 0.1) is 0 Å². The molecular weight excluding hydrogens is 438 g/mol. The molecule has 0 N–H and O–H groups in total. The Balaban J connectivity index is 0.000000821. The minimum absolute atomic E-state index is 0.177. The molecule has 3 aromatic rings. The van der Waals surface area contributed by atoms with E-state index in [0.717, 1.165) is 51.4 Å². The summed E-state index contributed by atoms with van der Waals surface area (Å²) in [5.41, 5.74) is 5.08. The third-order valence-electron chi connectivity index (χ3n) is 6.19. The molecule has 1 aliphatic carbocycles. The van der Waals surface area contributed by atoms with Gasteiger partial charge in [0.1, 0.15) is 12.4 Å². The van der Waals surface area contributed by atoms with E-state index >= 15 is 0 Å². The number of nitrogens with zero attached hydrogens (tertiary/aromatic N) is 1. The van der Waals surface area contributed by atoms with Crippen LogP contribution >= 0.6 is 11.6 Å². The lowest BCUT2D eigenvalue weighted by atomic mass is 10.0. The average molecular weight is 462 g/mol. The van der Waals surface area contributed by atoms with E-state index in [2.05, 4.69) is 23.1 Å². The third-order valence-corrected chi connectivity index (χ3v) is 6.52. The average Bonchev–Trinajstić information content (AvgIpc) is 3.47. The number of carbonyl (C=O) groups excluding carboxylic acids is 3. The first-order chi connectivity index (χ1) is 16.1. The van der Waals surface area contributed by atoms with E-state index in [1.807, 2.05) is 48.5 Å².